The number of H-pyrrole nitrogens is 1. The number of hydrogen-bond donors (Lipinski definition) is 3. The third-order valence-electron chi connectivity index (χ3n) is 3.84. The minimum atomic E-state index is -0.690. The predicted octanol–water partition coefficient (Wildman–Crippen LogP) is -0.171. The van der Waals surface area contributed by atoms with E-state index < -0.39 is 23.3 Å². The largest absolute Gasteiger partial charge is 0.452 e. The minimum Gasteiger partial charge on any atom is -0.452 e. The Balaban J connectivity index is 1.86. The van der Waals surface area contributed by atoms with Gasteiger partial charge in [-0.05, 0) is 37.3 Å². The molecule has 0 fully saturated rings. The van der Waals surface area contributed by atoms with Gasteiger partial charge in [0, 0.05) is 25.4 Å². The third-order valence-corrected chi connectivity index (χ3v) is 3.84. The van der Waals surface area contributed by atoms with Crippen LogP contribution in [0.5, 0.6) is 0 Å². The molecule has 0 spiro atoms. The maximum Gasteiger partial charge on any atom is 0.330 e. The molecule has 1 aromatic rings. The number of amides is 2. The second-order valence-corrected chi connectivity index (χ2v) is 5.62. The summed E-state index contributed by atoms with van der Waals surface area (Å²) in [7, 11) is 1.43. The van der Waals surface area contributed by atoms with Gasteiger partial charge in [0.2, 0.25) is 0 Å². The molecule has 3 N–H and O–H groups in total. The zero-order valence-electron chi connectivity index (χ0n) is 14.0. The summed E-state index contributed by atoms with van der Waals surface area (Å²) in [4.78, 5) is 49.2. The number of fused-ring (bicyclic) bond motifs is 1. The molecule has 0 aromatic carbocycles. The fourth-order valence-corrected chi connectivity index (χ4v) is 2.50. The number of rotatable bonds is 6. The Kier molecular flexibility index (Phi) is 6.50. The molecule has 0 saturated heterocycles. The number of carbonyl (C=O) groups is 3. The standard InChI is InChI=1S/C17H21N3O5/c1-18-14(21)10-25-15(22)7-4-8-19-16(23)12-9-11-5-2-3-6-13(11)20-17(12)24/h4,7,9H,2-3,5-6,8,10H2,1H3,(H,18,21)(H,19,23)(H,20,24)/b7-4+. The van der Waals surface area contributed by atoms with Crippen molar-refractivity contribution in [2.45, 2.75) is 25.7 Å². The van der Waals surface area contributed by atoms with Crippen LogP contribution in [0, 0.1) is 0 Å². The number of aromatic amines is 1. The van der Waals surface area contributed by atoms with Crippen LogP contribution in [0.15, 0.2) is 23.0 Å². The second-order valence-electron chi connectivity index (χ2n) is 5.62. The molecule has 1 aromatic heterocycles. The zero-order chi connectivity index (χ0) is 18.2. The highest BCUT2D eigenvalue weighted by Crippen LogP contribution is 2.18. The van der Waals surface area contributed by atoms with Gasteiger partial charge in [-0.1, -0.05) is 6.08 Å². The van der Waals surface area contributed by atoms with E-state index in [0.717, 1.165) is 43.0 Å². The van der Waals surface area contributed by atoms with Gasteiger partial charge in [-0.25, -0.2) is 4.79 Å². The van der Waals surface area contributed by atoms with Crippen LogP contribution in [0.4, 0.5) is 0 Å². The molecule has 0 unspecified atom stereocenters. The highest BCUT2D eigenvalue weighted by atomic mass is 16.5. The molecule has 2 amide bonds. The van der Waals surface area contributed by atoms with Crippen molar-refractivity contribution >= 4 is 17.8 Å². The maximum atomic E-state index is 12.1. The highest BCUT2D eigenvalue weighted by Gasteiger charge is 2.16. The van der Waals surface area contributed by atoms with Gasteiger partial charge in [0.15, 0.2) is 6.61 Å². The average Bonchev–Trinajstić information content (AvgIpc) is 2.62. The Labute approximate surface area is 144 Å². The van der Waals surface area contributed by atoms with Gasteiger partial charge < -0.3 is 20.4 Å². The minimum absolute atomic E-state index is 0.0600. The zero-order valence-corrected chi connectivity index (χ0v) is 14.0. The lowest BCUT2D eigenvalue weighted by Gasteiger charge is -2.15. The molecule has 0 atom stereocenters. The fraction of sp³-hybridized carbons (Fsp3) is 0.412. The third kappa shape index (κ3) is 5.30. The lowest BCUT2D eigenvalue weighted by Crippen LogP contribution is -2.31. The summed E-state index contributed by atoms with van der Waals surface area (Å²) in [6.07, 6.45) is 6.25. The van der Waals surface area contributed by atoms with Crippen molar-refractivity contribution in [3.63, 3.8) is 0 Å². The number of aromatic nitrogens is 1. The highest BCUT2D eigenvalue weighted by molar-refractivity contribution is 5.94. The number of ether oxygens (including phenoxy) is 1. The number of aryl methyl sites for hydroxylation is 2. The van der Waals surface area contributed by atoms with E-state index in [0.29, 0.717) is 0 Å². The SMILES string of the molecule is CNC(=O)COC(=O)/C=C/CNC(=O)c1cc2c([nH]c1=O)CCCC2. The van der Waals surface area contributed by atoms with Gasteiger partial charge in [0.25, 0.3) is 17.4 Å². The van der Waals surface area contributed by atoms with Gasteiger partial charge >= 0.3 is 5.97 Å². The Bertz CT molecular complexity index is 751. The number of esters is 1. The Hall–Kier alpha value is -2.90. The topological polar surface area (TPSA) is 117 Å². The Morgan fingerprint density at radius 2 is 2.04 bits per heavy atom. The molecule has 8 heteroatoms. The second kappa shape index (κ2) is 8.81. The first-order valence-electron chi connectivity index (χ1n) is 8.08. The predicted molar refractivity (Wildman–Crippen MR) is 90.2 cm³/mol. The van der Waals surface area contributed by atoms with E-state index >= 15 is 0 Å². The molecular weight excluding hydrogens is 326 g/mol. The van der Waals surface area contributed by atoms with Gasteiger partial charge in [-0.15, -0.1) is 0 Å². The normalized spacial score (nSPS) is 13.2. The van der Waals surface area contributed by atoms with Crippen molar-refractivity contribution in [3.05, 3.63) is 45.4 Å². The van der Waals surface area contributed by atoms with Gasteiger partial charge in [0.1, 0.15) is 5.56 Å². The van der Waals surface area contributed by atoms with Crippen LogP contribution in [0.2, 0.25) is 0 Å². The van der Waals surface area contributed by atoms with Gasteiger partial charge in [0.05, 0.1) is 0 Å². The number of likely N-dealkylation sites (N-methyl/N-ethyl adjacent to an activating group) is 1. The van der Waals surface area contributed by atoms with Crippen molar-refractivity contribution in [3.8, 4) is 0 Å². The van der Waals surface area contributed by atoms with Crippen molar-refractivity contribution in [1.29, 1.82) is 0 Å². The number of nitrogens with one attached hydrogen (secondary N) is 3. The van der Waals surface area contributed by atoms with Crippen LogP contribution in [0.3, 0.4) is 0 Å². The van der Waals surface area contributed by atoms with Gasteiger partial charge in [-0.3, -0.25) is 14.4 Å². The summed E-state index contributed by atoms with van der Waals surface area (Å²) < 4.78 is 4.66. The molecule has 2 rings (SSSR count). The van der Waals surface area contributed by atoms with E-state index in [-0.39, 0.29) is 18.7 Å². The van der Waals surface area contributed by atoms with Crippen LogP contribution < -0.4 is 16.2 Å². The summed E-state index contributed by atoms with van der Waals surface area (Å²) in [6, 6.07) is 1.64. The first-order chi connectivity index (χ1) is 12.0. The van der Waals surface area contributed by atoms with Crippen molar-refractivity contribution in [2.75, 3.05) is 20.2 Å². The van der Waals surface area contributed by atoms with Crippen LogP contribution in [-0.2, 0) is 27.2 Å². The molecule has 1 heterocycles. The van der Waals surface area contributed by atoms with Crippen LogP contribution in [0.25, 0.3) is 0 Å². The van der Waals surface area contributed by atoms with E-state index in [1.807, 2.05) is 0 Å². The summed E-state index contributed by atoms with van der Waals surface area (Å²) >= 11 is 0. The van der Waals surface area contributed by atoms with E-state index in [4.69, 9.17) is 0 Å². The molecule has 25 heavy (non-hydrogen) atoms. The number of hydrogen-bond acceptors (Lipinski definition) is 5. The molecule has 0 aliphatic heterocycles. The van der Waals surface area contributed by atoms with Crippen LogP contribution in [-0.4, -0.2) is 43.0 Å². The summed E-state index contributed by atoms with van der Waals surface area (Å²) in [5.74, 6) is -1.61. The fourth-order valence-electron chi connectivity index (χ4n) is 2.50. The van der Waals surface area contributed by atoms with Crippen molar-refractivity contribution < 1.29 is 19.1 Å². The lowest BCUT2D eigenvalue weighted by molar-refractivity contribution is -0.143. The van der Waals surface area contributed by atoms with Gasteiger partial charge in [-0.2, -0.15) is 0 Å². The average molecular weight is 347 g/mol. The maximum absolute atomic E-state index is 12.1. The van der Waals surface area contributed by atoms with E-state index in [2.05, 4.69) is 20.4 Å². The molecule has 0 bridgehead atoms. The first kappa shape index (κ1) is 18.4. The molecular formula is C17H21N3O5. The molecule has 0 saturated carbocycles. The summed E-state index contributed by atoms with van der Waals surface area (Å²) in [5, 5.41) is 4.86. The van der Waals surface area contributed by atoms with Crippen molar-refractivity contribution in [1.82, 2.24) is 15.6 Å². The van der Waals surface area contributed by atoms with Crippen LogP contribution >= 0.6 is 0 Å². The first-order valence-corrected chi connectivity index (χ1v) is 8.08. The molecule has 1 aliphatic rings. The monoisotopic (exact) mass is 347 g/mol. The smallest absolute Gasteiger partial charge is 0.330 e. The lowest BCUT2D eigenvalue weighted by atomic mass is 9.95. The molecule has 0 radical (unpaired) electrons. The Morgan fingerprint density at radius 3 is 2.80 bits per heavy atom. The molecule has 134 valence electrons. The molecule has 1 aliphatic carbocycles. The number of pyridine rings is 1. The van der Waals surface area contributed by atoms with E-state index in [1.165, 1.54) is 13.1 Å². The Morgan fingerprint density at radius 1 is 1.28 bits per heavy atom. The van der Waals surface area contributed by atoms with Crippen molar-refractivity contribution in [2.24, 2.45) is 0 Å². The van der Waals surface area contributed by atoms with E-state index in [1.54, 1.807) is 6.07 Å². The number of carbonyl (C=O) groups excluding carboxylic acids is 3. The van der Waals surface area contributed by atoms with Crippen LogP contribution in [0.1, 0.15) is 34.5 Å². The quantitative estimate of drug-likeness (QED) is 0.488. The summed E-state index contributed by atoms with van der Waals surface area (Å²) in [5.41, 5.74) is 1.57. The molecule has 8 nitrogen and oxygen atoms in total. The summed E-state index contributed by atoms with van der Waals surface area (Å²) in [6.45, 7) is -0.305. The van der Waals surface area contributed by atoms with E-state index in [9.17, 15) is 19.2 Å².